The Morgan fingerprint density at radius 2 is 2.03 bits per heavy atom. The Labute approximate surface area is 206 Å². The molecule has 2 aromatic carbocycles. The Kier molecular flexibility index (Phi) is 4.41. The molecule has 7 rings (SSSR count). The second-order valence-electron chi connectivity index (χ2n) is 8.86. The van der Waals surface area contributed by atoms with E-state index in [4.69, 9.17) is 15.7 Å². The number of hydrogen-bond donors (Lipinski definition) is 2. The van der Waals surface area contributed by atoms with Crippen LogP contribution in [0.2, 0.25) is 0 Å². The first-order valence-electron chi connectivity index (χ1n) is 11.6. The topological polar surface area (TPSA) is 78.9 Å². The molecule has 3 aliphatic rings. The molecule has 3 N–H and O–H groups in total. The van der Waals surface area contributed by atoms with Gasteiger partial charge in [0.15, 0.2) is 0 Å². The van der Waals surface area contributed by atoms with Gasteiger partial charge >= 0.3 is 0 Å². The van der Waals surface area contributed by atoms with Gasteiger partial charge in [0, 0.05) is 40.2 Å². The van der Waals surface area contributed by atoms with Crippen LogP contribution in [0.5, 0.6) is 0 Å². The van der Waals surface area contributed by atoms with Crippen molar-refractivity contribution in [1.82, 2.24) is 4.98 Å². The second kappa shape index (κ2) is 7.65. The molecule has 0 spiro atoms. The number of nitrogens with two attached hydrogens (primary N) is 1. The predicted octanol–water partition coefficient (Wildman–Crippen LogP) is 6.59. The van der Waals surface area contributed by atoms with E-state index >= 15 is 0 Å². The zero-order valence-electron chi connectivity index (χ0n) is 19.1. The summed E-state index contributed by atoms with van der Waals surface area (Å²) in [6.07, 6.45) is 9.15. The van der Waals surface area contributed by atoms with E-state index in [9.17, 15) is 0 Å². The van der Waals surface area contributed by atoms with Gasteiger partial charge in [-0.2, -0.15) is 0 Å². The molecular weight excluding hydrogens is 452 g/mol. The van der Waals surface area contributed by atoms with Crippen LogP contribution in [-0.2, 0) is 0 Å². The van der Waals surface area contributed by atoms with Crippen LogP contribution in [0.4, 0.5) is 28.6 Å². The molecular formula is C28H22N6S. The average molecular weight is 475 g/mol. The van der Waals surface area contributed by atoms with Crippen LogP contribution in [-0.4, -0.2) is 23.2 Å². The summed E-state index contributed by atoms with van der Waals surface area (Å²) in [7, 11) is 0. The number of fused-ring (bicyclic) bond motifs is 5. The molecule has 2 aliphatic heterocycles. The van der Waals surface area contributed by atoms with Crippen molar-refractivity contribution >= 4 is 67.8 Å². The van der Waals surface area contributed by atoms with Gasteiger partial charge in [-0.3, -0.25) is 4.99 Å². The van der Waals surface area contributed by atoms with E-state index in [2.05, 4.69) is 88.2 Å². The number of thiophene rings is 1. The Bertz CT molecular complexity index is 1660. The third kappa shape index (κ3) is 3.12. The fraction of sp³-hybridized carbons (Fsp3) is 0.107. The van der Waals surface area contributed by atoms with Gasteiger partial charge in [-0.25, -0.2) is 9.98 Å². The minimum absolute atomic E-state index is 0.497. The van der Waals surface area contributed by atoms with E-state index in [-0.39, 0.29) is 0 Å². The summed E-state index contributed by atoms with van der Waals surface area (Å²) in [5, 5.41) is 7.83. The lowest BCUT2D eigenvalue weighted by Crippen LogP contribution is -2.28. The van der Waals surface area contributed by atoms with Crippen molar-refractivity contribution in [1.29, 1.82) is 0 Å². The minimum atomic E-state index is 0.497. The molecule has 6 nitrogen and oxygen atoms in total. The van der Waals surface area contributed by atoms with Crippen molar-refractivity contribution in [2.75, 3.05) is 16.9 Å². The number of rotatable bonds is 3. The summed E-state index contributed by atoms with van der Waals surface area (Å²) in [5.74, 6) is 1.44. The normalized spacial score (nSPS) is 15.8. The average Bonchev–Trinajstić information content (AvgIpc) is 3.51. The molecule has 0 saturated carbocycles. The van der Waals surface area contributed by atoms with Gasteiger partial charge in [0.1, 0.15) is 18.3 Å². The van der Waals surface area contributed by atoms with E-state index in [0.717, 1.165) is 56.3 Å². The number of benzene rings is 2. The first-order chi connectivity index (χ1) is 17.2. The van der Waals surface area contributed by atoms with E-state index in [0.29, 0.717) is 12.5 Å². The predicted molar refractivity (Wildman–Crippen MR) is 147 cm³/mol. The maximum Gasteiger partial charge on any atom is 0.139 e. The quantitative estimate of drug-likeness (QED) is 0.351. The molecule has 0 amide bonds. The summed E-state index contributed by atoms with van der Waals surface area (Å²) in [6.45, 7) is 2.64. The molecule has 35 heavy (non-hydrogen) atoms. The summed E-state index contributed by atoms with van der Waals surface area (Å²) >= 11 is 1.63. The third-order valence-corrected chi connectivity index (χ3v) is 7.69. The number of nitrogens with zero attached hydrogens (tertiary/aromatic N) is 4. The standard InChI is InChI=1S/C28H22N6S/c1-16-6-8-20-19(25(16)34-15-31-27(29)26-24(34)11-13-35-26)10-12-30-28(20)32-17-7-9-23-21(14-17)18-4-2-3-5-22(18)33-23/h2-4,6-14H,5,15H2,1H3,(H2,29,31)(H,30,32). The van der Waals surface area contributed by atoms with Crippen LogP contribution in [0.3, 0.4) is 0 Å². The van der Waals surface area contributed by atoms with Crippen molar-refractivity contribution < 1.29 is 0 Å². The summed E-state index contributed by atoms with van der Waals surface area (Å²) < 4.78 is 0. The molecule has 1 aliphatic carbocycles. The van der Waals surface area contributed by atoms with Gasteiger partial charge in [-0.15, -0.1) is 11.3 Å². The van der Waals surface area contributed by atoms with Crippen LogP contribution in [0.15, 0.2) is 82.3 Å². The van der Waals surface area contributed by atoms with Gasteiger partial charge < -0.3 is 16.0 Å². The second-order valence-corrected chi connectivity index (χ2v) is 9.78. The number of anilines is 4. The Morgan fingerprint density at radius 1 is 1.09 bits per heavy atom. The van der Waals surface area contributed by atoms with Crippen LogP contribution in [0.25, 0.3) is 16.3 Å². The van der Waals surface area contributed by atoms with Gasteiger partial charge in [-0.1, -0.05) is 30.4 Å². The number of pyridine rings is 1. The van der Waals surface area contributed by atoms with Crippen LogP contribution < -0.4 is 16.0 Å². The van der Waals surface area contributed by atoms with Crippen molar-refractivity contribution in [3.05, 3.63) is 88.3 Å². The SMILES string of the molecule is Cc1ccc2c(Nc3ccc4c(c3)C3=CC=CCC3=N4)nccc2c1N1CN=C(N)c2sccc21. The highest BCUT2D eigenvalue weighted by Gasteiger charge is 2.25. The van der Waals surface area contributed by atoms with E-state index in [1.165, 1.54) is 16.7 Å². The summed E-state index contributed by atoms with van der Waals surface area (Å²) in [6, 6.07) is 14.8. The molecule has 4 heterocycles. The van der Waals surface area contributed by atoms with Gasteiger partial charge in [0.05, 0.1) is 27.7 Å². The lowest BCUT2D eigenvalue weighted by molar-refractivity contribution is 0.965. The molecule has 2 aromatic heterocycles. The first kappa shape index (κ1) is 20.2. The number of amidine groups is 1. The molecule has 0 saturated heterocycles. The first-order valence-corrected chi connectivity index (χ1v) is 12.5. The fourth-order valence-corrected chi connectivity index (χ4v) is 5.93. The number of nitrogens with one attached hydrogen (secondary N) is 1. The lowest BCUT2D eigenvalue weighted by atomic mass is 9.97. The number of aliphatic imine (C=N–C) groups is 2. The Balaban J connectivity index is 1.30. The van der Waals surface area contributed by atoms with Gasteiger partial charge in [-0.05, 0) is 48.2 Å². The monoisotopic (exact) mass is 474 g/mol. The Hall–Kier alpha value is -4.23. The van der Waals surface area contributed by atoms with E-state index in [1.54, 1.807) is 11.3 Å². The van der Waals surface area contributed by atoms with Crippen molar-refractivity contribution in [3.63, 3.8) is 0 Å². The van der Waals surface area contributed by atoms with Crippen LogP contribution in [0.1, 0.15) is 22.4 Å². The number of aryl methyl sites for hydroxylation is 1. The lowest BCUT2D eigenvalue weighted by Gasteiger charge is -2.29. The van der Waals surface area contributed by atoms with Crippen molar-refractivity contribution in [3.8, 4) is 0 Å². The number of aromatic nitrogens is 1. The van der Waals surface area contributed by atoms with Crippen LogP contribution >= 0.6 is 11.3 Å². The molecule has 0 unspecified atom stereocenters. The third-order valence-electron chi connectivity index (χ3n) is 6.76. The Morgan fingerprint density at radius 3 is 2.97 bits per heavy atom. The highest BCUT2D eigenvalue weighted by molar-refractivity contribution is 7.12. The molecule has 7 heteroatoms. The maximum atomic E-state index is 6.17. The highest BCUT2D eigenvalue weighted by Crippen LogP contribution is 2.42. The molecule has 0 bridgehead atoms. The number of hydrogen-bond acceptors (Lipinski definition) is 7. The maximum absolute atomic E-state index is 6.17. The van der Waals surface area contributed by atoms with Crippen molar-refractivity contribution in [2.45, 2.75) is 13.3 Å². The highest BCUT2D eigenvalue weighted by atomic mass is 32.1. The summed E-state index contributed by atoms with van der Waals surface area (Å²) in [4.78, 5) is 17.4. The largest absolute Gasteiger partial charge is 0.383 e. The van der Waals surface area contributed by atoms with Crippen molar-refractivity contribution in [2.24, 2.45) is 15.7 Å². The molecule has 4 aromatic rings. The molecule has 0 fully saturated rings. The smallest absolute Gasteiger partial charge is 0.139 e. The van der Waals surface area contributed by atoms with Gasteiger partial charge in [0.25, 0.3) is 0 Å². The van der Waals surface area contributed by atoms with E-state index in [1.807, 2.05) is 6.20 Å². The van der Waals surface area contributed by atoms with Crippen LogP contribution in [0, 0.1) is 6.92 Å². The minimum Gasteiger partial charge on any atom is -0.383 e. The van der Waals surface area contributed by atoms with Gasteiger partial charge in [0.2, 0.25) is 0 Å². The molecule has 170 valence electrons. The van der Waals surface area contributed by atoms with E-state index < -0.39 is 0 Å². The zero-order valence-corrected chi connectivity index (χ0v) is 19.9. The fourth-order valence-electron chi connectivity index (χ4n) is 5.11. The molecule has 0 atom stereocenters. The number of allylic oxidation sites excluding steroid dienone is 4. The summed E-state index contributed by atoms with van der Waals surface area (Å²) in [5.41, 5.74) is 15.1. The zero-order chi connectivity index (χ0) is 23.5. The molecule has 0 radical (unpaired) electrons.